The van der Waals surface area contributed by atoms with E-state index >= 15 is 0 Å². The van der Waals surface area contributed by atoms with E-state index in [1.165, 1.54) is 0 Å². The number of carbonyl (C=O) groups is 2. The maximum Gasteiger partial charge on any atom is 0.326 e. The smallest absolute Gasteiger partial charge is 0.326 e. The number of carboxylic acids is 1. The molecular weight excluding hydrogens is 196 g/mol. The molecule has 0 heterocycles. The molecule has 0 aromatic heterocycles. The number of hydrogen-bond donors (Lipinski definition) is 3. The zero-order valence-electron chi connectivity index (χ0n) is 9.28. The van der Waals surface area contributed by atoms with Crippen LogP contribution in [0.1, 0.15) is 27.2 Å². The lowest BCUT2D eigenvalue weighted by atomic mass is 10.1. The van der Waals surface area contributed by atoms with Crippen LogP contribution in [0.5, 0.6) is 0 Å². The number of aliphatic carboxylic acids is 1. The molecule has 2 amide bonds. The molecule has 0 aromatic carbocycles. The molecule has 1 fully saturated rings. The van der Waals surface area contributed by atoms with E-state index in [1.54, 1.807) is 13.8 Å². The van der Waals surface area contributed by atoms with Crippen molar-refractivity contribution in [2.75, 3.05) is 0 Å². The van der Waals surface area contributed by atoms with Crippen molar-refractivity contribution in [3.05, 3.63) is 0 Å². The average Bonchev–Trinajstić information content (AvgIpc) is 2.76. The first-order valence-corrected chi connectivity index (χ1v) is 5.21. The number of hydrogen-bond acceptors (Lipinski definition) is 2. The highest BCUT2D eigenvalue weighted by molar-refractivity contribution is 5.83. The summed E-state index contributed by atoms with van der Waals surface area (Å²) in [5.41, 5.74) is 0. The molecular formula is C10H18N2O3. The Morgan fingerprint density at radius 2 is 1.93 bits per heavy atom. The van der Waals surface area contributed by atoms with Crippen molar-refractivity contribution in [3.63, 3.8) is 0 Å². The molecule has 0 spiro atoms. The number of urea groups is 1. The van der Waals surface area contributed by atoms with Crippen LogP contribution in [0.3, 0.4) is 0 Å². The molecule has 15 heavy (non-hydrogen) atoms. The van der Waals surface area contributed by atoms with Gasteiger partial charge in [-0.1, -0.05) is 20.8 Å². The fraction of sp³-hybridized carbons (Fsp3) is 0.800. The van der Waals surface area contributed by atoms with Gasteiger partial charge in [-0.2, -0.15) is 0 Å². The molecule has 1 aliphatic rings. The van der Waals surface area contributed by atoms with Crippen LogP contribution in [0, 0.1) is 11.8 Å². The predicted octanol–water partition coefficient (Wildman–Crippen LogP) is 0.803. The number of carboxylic acid groups (broad SMARTS) is 1. The van der Waals surface area contributed by atoms with Gasteiger partial charge >= 0.3 is 12.0 Å². The Labute approximate surface area is 89.2 Å². The number of amides is 2. The predicted molar refractivity (Wildman–Crippen MR) is 55.5 cm³/mol. The summed E-state index contributed by atoms with van der Waals surface area (Å²) in [6.45, 7) is 5.57. The van der Waals surface area contributed by atoms with Crippen LogP contribution in [-0.2, 0) is 4.79 Å². The van der Waals surface area contributed by atoms with Crippen LogP contribution in [-0.4, -0.2) is 29.2 Å². The van der Waals surface area contributed by atoms with Crippen LogP contribution in [0.2, 0.25) is 0 Å². The van der Waals surface area contributed by atoms with Crippen LogP contribution in [0.4, 0.5) is 4.79 Å². The number of carbonyl (C=O) groups excluding carboxylic acids is 1. The molecule has 0 aromatic rings. The molecule has 1 saturated carbocycles. The molecule has 86 valence electrons. The molecule has 5 heteroatoms. The molecule has 3 atom stereocenters. The van der Waals surface area contributed by atoms with Crippen molar-refractivity contribution >= 4 is 12.0 Å². The first-order valence-electron chi connectivity index (χ1n) is 5.21. The van der Waals surface area contributed by atoms with E-state index in [4.69, 9.17) is 5.11 Å². The highest BCUT2D eigenvalue weighted by atomic mass is 16.4. The summed E-state index contributed by atoms with van der Waals surface area (Å²) in [6.07, 6.45) is 0.979. The quantitative estimate of drug-likeness (QED) is 0.647. The fourth-order valence-electron chi connectivity index (χ4n) is 1.39. The second-order valence-corrected chi connectivity index (χ2v) is 4.50. The third-order valence-corrected chi connectivity index (χ3v) is 2.65. The lowest BCUT2D eigenvalue weighted by molar-refractivity contribution is -0.140. The van der Waals surface area contributed by atoms with Crippen LogP contribution < -0.4 is 10.6 Å². The molecule has 3 N–H and O–H groups in total. The maximum atomic E-state index is 11.4. The monoisotopic (exact) mass is 214 g/mol. The van der Waals surface area contributed by atoms with E-state index in [1.807, 2.05) is 6.92 Å². The van der Waals surface area contributed by atoms with Gasteiger partial charge in [0.15, 0.2) is 0 Å². The third kappa shape index (κ3) is 3.42. The minimum Gasteiger partial charge on any atom is -0.480 e. The minimum absolute atomic E-state index is 0.120. The van der Waals surface area contributed by atoms with E-state index in [-0.39, 0.29) is 18.0 Å². The molecule has 5 nitrogen and oxygen atoms in total. The molecule has 0 aliphatic heterocycles. The maximum absolute atomic E-state index is 11.4. The van der Waals surface area contributed by atoms with Crippen molar-refractivity contribution in [2.24, 2.45) is 11.8 Å². The van der Waals surface area contributed by atoms with Crippen LogP contribution in [0.15, 0.2) is 0 Å². The van der Waals surface area contributed by atoms with Crippen molar-refractivity contribution in [1.29, 1.82) is 0 Å². The Kier molecular flexibility index (Phi) is 3.55. The zero-order valence-corrected chi connectivity index (χ0v) is 9.28. The van der Waals surface area contributed by atoms with E-state index in [0.29, 0.717) is 5.92 Å². The van der Waals surface area contributed by atoms with Crippen molar-refractivity contribution in [3.8, 4) is 0 Å². The lowest BCUT2D eigenvalue weighted by Gasteiger charge is -2.18. The van der Waals surface area contributed by atoms with Gasteiger partial charge < -0.3 is 15.7 Å². The van der Waals surface area contributed by atoms with Crippen molar-refractivity contribution < 1.29 is 14.7 Å². The van der Waals surface area contributed by atoms with E-state index < -0.39 is 12.0 Å². The Balaban J connectivity index is 2.37. The second-order valence-electron chi connectivity index (χ2n) is 4.50. The number of nitrogens with one attached hydrogen (secondary N) is 2. The fourth-order valence-corrected chi connectivity index (χ4v) is 1.39. The minimum atomic E-state index is -0.996. The average molecular weight is 214 g/mol. The molecule has 1 aliphatic carbocycles. The molecule has 3 unspecified atom stereocenters. The van der Waals surface area contributed by atoms with Gasteiger partial charge in [0.05, 0.1) is 0 Å². The first-order chi connectivity index (χ1) is 6.91. The van der Waals surface area contributed by atoms with Gasteiger partial charge in [-0.05, 0) is 18.3 Å². The summed E-state index contributed by atoms with van der Waals surface area (Å²) >= 11 is 0. The van der Waals surface area contributed by atoms with Gasteiger partial charge in [-0.15, -0.1) is 0 Å². The molecule has 0 bridgehead atoms. The Morgan fingerprint density at radius 3 is 2.27 bits per heavy atom. The lowest BCUT2D eigenvalue weighted by Crippen LogP contribution is -2.49. The largest absolute Gasteiger partial charge is 0.480 e. The topological polar surface area (TPSA) is 78.4 Å². The molecule has 0 radical (unpaired) electrons. The Bertz CT molecular complexity index is 265. The Morgan fingerprint density at radius 1 is 1.40 bits per heavy atom. The second kappa shape index (κ2) is 4.51. The standard InChI is InChI=1S/C10H18N2O3/c1-5(2)8(9(13)14)12-10(15)11-7-4-6(7)3/h5-8H,4H2,1-3H3,(H,13,14)(H2,11,12,15). The van der Waals surface area contributed by atoms with Gasteiger partial charge in [0.1, 0.15) is 6.04 Å². The van der Waals surface area contributed by atoms with Crippen LogP contribution in [0.25, 0.3) is 0 Å². The third-order valence-electron chi connectivity index (χ3n) is 2.65. The molecule has 1 rings (SSSR count). The van der Waals surface area contributed by atoms with Gasteiger partial charge in [0, 0.05) is 6.04 Å². The summed E-state index contributed by atoms with van der Waals surface area (Å²) < 4.78 is 0. The summed E-state index contributed by atoms with van der Waals surface area (Å²) in [7, 11) is 0. The normalized spacial score (nSPS) is 25.9. The first kappa shape index (κ1) is 11.8. The number of rotatable bonds is 4. The summed E-state index contributed by atoms with van der Waals surface area (Å²) in [5.74, 6) is -0.605. The summed E-state index contributed by atoms with van der Waals surface area (Å²) in [5, 5.41) is 14.0. The zero-order chi connectivity index (χ0) is 11.6. The van der Waals surface area contributed by atoms with Crippen molar-refractivity contribution in [2.45, 2.75) is 39.3 Å². The summed E-state index contributed by atoms with van der Waals surface area (Å²) in [4.78, 5) is 22.2. The van der Waals surface area contributed by atoms with Gasteiger partial charge in [-0.25, -0.2) is 9.59 Å². The highest BCUT2D eigenvalue weighted by Crippen LogP contribution is 2.28. The molecule has 0 saturated heterocycles. The van der Waals surface area contributed by atoms with Gasteiger partial charge in [0.25, 0.3) is 0 Å². The van der Waals surface area contributed by atoms with E-state index in [9.17, 15) is 9.59 Å². The van der Waals surface area contributed by atoms with E-state index in [0.717, 1.165) is 6.42 Å². The summed E-state index contributed by atoms with van der Waals surface area (Å²) in [6, 6.07) is -0.990. The van der Waals surface area contributed by atoms with Gasteiger partial charge in [0.2, 0.25) is 0 Å². The Hall–Kier alpha value is -1.26. The van der Waals surface area contributed by atoms with E-state index in [2.05, 4.69) is 10.6 Å². The highest BCUT2D eigenvalue weighted by Gasteiger charge is 2.34. The van der Waals surface area contributed by atoms with Gasteiger partial charge in [-0.3, -0.25) is 0 Å². The van der Waals surface area contributed by atoms with Crippen molar-refractivity contribution in [1.82, 2.24) is 10.6 Å². The SMILES string of the molecule is CC(C)C(NC(=O)NC1CC1C)C(=O)O. The van der Waals surface area contributed by atoms with Crippen LogP contribution >= 0.6 is 0 Å².